The van der Waals surface area contributed by atoms with Crippen LogP contribution in [0.25, 0.3) is 0 Å². The fourth-order valence-electron chi connectivity index (χ4n) is 1.78. The molecule has 0 unspecified atom stereocenters. The summed E-state index contributed by atoms with van der Waals surface area (Å²) in [6.45, 7) is 0. The van der Waals surface area contributed by atoms with Crippen molar-refractivity contribution in [3.8, 4) is 5.75 Å². The first kappa shape index (κ1) is 16.4. The van der Waals surface area contributed by atoms with E-state index in [4.69, 9.17) is 4.74 Å². The smallest absolute Gasteiger partial charge is 0.273 e. The average molecular weight is 410 g/mol. The molecule has 2 N–H and O–H groups in total. The molecule has 5 nitrogen and oxygen atoms in total. The number of halogens is 1. The second-order valence-corrected chi connectivity index (χ2v) is 5.60. The average Bonchev–Trinajstić information content (AvgIpc) is 2.55. The predicted octanol–water partition coefficient (Wildman–Crippen LogP) is 2.48. The molecule has 0 fully saturated rings. The second-order valence-electron chi connectivity index (χ2n) is 4.44. The molecule has 0 spiro atoms. The minimum atomic E-state index is -1.24. The van der Waals surface area contributed by atoms with E-state index in [1.54, 1.807) is 31.4 Å². The zero-order valence-electron chi connectivity index (χ0n) is 11.9. The van der Waals surface area contributed by atoms with Crippen LogP contribution in [0.1, 0.15) is 17.2 Å². The van der Waals surface area contributed by atoms with Gasteiger partial charge in [-0.25, -0.2) is 5.43 Å². The van der Waals surface area contributed by atoms with Gasteiger partial charge in [-0.3, -0.25) is 4.79 Å². The number of benzene rings is 2. The molecule has 0 aliphatic heterocycles. The van der Waals surface area contributed by atoms with Gasteiger partial charge in [-0.2, -0.15) is 5.10 Å². The Morgan fingerprint density at radius 2 is 2.05 bits per heavy atom. The Morgan fingerprint density at radius 3 is 2.68 bits per heavy atom. The van der Waals surface area contributed by atoms with E-state index in [9.17, 15) is 9.90 Å². The molecule has 0 bridgehead atoms. The zero-order valence-corrected chi connectivity index (χ0v) is 14.0. The van der Waals surface area contributed by atoms with Crippen LogP contribution >= 0.6 is 22.6 Å². The lowest BCUT2D eigenvalue weighted by molar-refractivity contribution is -0.129. The molecule has 0 saturated heterocycles. The van der Waals surface area contributed by atoms with Gasteiger partial charge in [0.25, 0.3) is 5.91 Å². The number of nitrogens with zero attached hydrogens (tertiary/aromatic N) is 1. The Morgan fingerprint density at radius 1 is 1.32 bits per heavy atom. The van der Waals surface area contributed by atoms with Gasteiger partial charge in [-0.15, -0.1) is 0 Å². The molecule has 2 aromatic carbocycles. The lowest BCUT2D eigenvalue weighted by Crippen LogP contribution is -2.25. The summed E-state index contributed by atoms with van der Waals surface area (Å²) in [6.07, 6.45) is 0.270. The van der Waals surface area contributed by atoms with Gasteiger partial charge >= 0.3 is 0 Å². The molecule has 0 radical (unpaired) electrons. The maximum Gasteiger partial charge on any atom is 0.273 e. The summed E-state index contributed by atoms with van der Waals surface area (Å²) >= 11 is 2.16. The summed E-state index contributed by atoms with van der Waals surface area (Å²) in [4.78, 5) is 11.8. The number of methoxy groups -OCH3 is 1. The van der Waals surface area contributed by atoms with Crippen LogP contribution < -0.4 is 10.2 Å². The molecule has 0 aliphatic rings. The van der Waals surface area contributed by atoms with E-state index >= 15 is 0 Å². The molecule has 0 aromatic heterocycles. The fourth-order valence-corrected chi connectivity index (χ4v) is 2.54. The minimum Gasteiger partial charge on any atom is -0.496 e. The molecule has 2 aromatic rings. The van der Waals surface area contributed by atoms with Crippen LogP contribution in [0.4, 0.5) is 0 Å². The molecule has 2 rings (SSSR count). The fraction of sp³-hybridized carbons (Fsp3) is 0.125. The Kier molecular flexibility index (Phi) is 5.91. The van der Waals surface area contributed by atoms with Crippen molar-refractivity contribution in [1.29, 1.82) is 0 Å². The van der Waals surface area contributed by atoms with Crippen LogP contribution in [0.3, 0.4) is 0 Å². The SMILES string of the molecule is COc1ccc(/C=N\NC(=O)[C@@H](O)c2ccccc2)cc1I. The van der Waals surface area contributed by atoms with Crippen LogP contribution in [0.15, 0.2) is 53.6 Å². The number of ether oxygens (including phenoxy) is 1. The van der Waals surface area contributed by atoms with Crippen molar-refractivity contribution in [2.24, 2.45) is 5.10 Å². The number of aliphatic hydroxyl groups excluding tert-OH is 1. The first-order chi connectivity index (χ1) is 10.6. The van der Waals surface area contributed by atoms with Crippen LogP contribution in [-0.2, 0) is 4.79 Å². The standard InChI is InChI=1S/C16H15IN2O3/c1-22-14-8-7-11(9-13(14)17)10-18-19-16(21)15(20)12-5-3-2-4-6-12/h2-10,15,20H,1H3,(H,19,21)/b18-10-/t15-/m0/s1. The van der Waals surface area contributed by atoms with Gasteiger partial charge in [0.15, 0.2) is 6.10 Å². The topological polar surface area (TPSA) is 70.9 Å². The van der Waals surface area contributed by atoms with Crippen molar-refractivity contribution in [2.75, 3.05) is 7.11 Å². The third kappa shape index (κ3) is 4.28. The van der Waals surface area contributed by atoms with Gasteiger partial charge in [0.2, 0.25) is 0 Å². The van der Waals surface area contributed by atoms with Crippen LogP contribution in [0.5, 0.6) is 5.75 Å². The molecule has 6 heteroatoms. The van der Waals surface area contributed by atoms with E-state index in [2.05, 4.69) is 33.1 Å². The summed E-state index contributed by atoms with van der Waals surface area (Å²) in [6, 6.07) is 14.2. The third-order valence-electron chi connectivity index (χ3n) is 2.93. The molecule has 114 valence electrons. The number of carbonyl (C=O) groups is 1. The van der Waals surface area contributed by atoms with Gasteiger partial charge in [0.1, 0.15) is 5.75 Å². The molecule has 0 heterocycles. The Labute approximate surface area is 142 Å². The van der Waals surface area contributed by atoms with E-state index in [-0.39, 0.29) is 0 Å². The number of hydrazone groups is 1. The lowest BCUT2D eigenvalue weighted by Gasteiger charge is -2.08. The number of aliphatic hydroxyl groups is 1. The number of nitrogens with one attached hydrogen (secondary N) is 1. The molecule has 22 heavy (non-hydrogen) atoms. The van der Waals surface area contributed by atoms with Gasteiger partial charge in [0.05, 0.1) is 16.9 Å². The van der Waals surface area contributed by atoms with Crippen LogP contribution in [-0.4, -0.2) is 24.3 Å². The highest BCUT2D eigenvalue weighted by atomic mass is 127. The first-order valence-corrected chi connectivity index (χ1v) is 7.59. The van der Waals surface area contributed by atoms with Crippen molar-refractivity contribution in [1.82, 2.24) is 5.43 Å². The number of amides is 1. The maximum atomic E-state index is 11.8. The largest absolute Gasteiger partial charge is 0.496 e. The first-order valence-electron chi connectivity index (χ1n) is 6.51. The lowest BCUT2D eigenvalue weighted by atomic mass is 10.1. The summed E-state index contributed by atoms with van der Waals surface area (Å²) < 4.78 is 6.11. The second kappa shape index (κ2) is 7.90. The number of hydrogen-bond donors (Lipinski definition) is 2. The van der Waals surface area contributed by atoms with E-state index in [1.807, 2.05) is 24.3 Å². The van der Waals surface area contributed by atoms with E-state index in [1.165, 1.54) is 6.21 Å². The Balaban J connectivity index is 1.97. The van der Waals surface area contributed by atoms with Gasteiger partial charge in [-0.05, 0) is 51.9 Å². The normalized spacial score (nSPS) is 12.1. The molecule has 0 saturated carbocycles. The van der Waals surface area contributed by atoms with Crippen molar-refractivity contribution in [2.45, 2.75) is 6.10 Å². The summed E-state index contributed by atoms with van der Waals surface area (Å²) in [7, 11) is 1.61. The highest BCUT2D eigenvalue weighted by molar-refractivity contribution is 14.1. The van der Waals surface area contributed by atoms with Gasteiger partial charge in [-0.1, -0.05) is 30.3 Å². The van der Waals surface area contributed by atoms with E-state index in [0.717, 1.165) is 14.9 Å². The highest BCUT2D eigenvalue weighted by Gasteiger charge is 2.15. The van der Waals surface area contributed by atoms with Crippen molar-refractivity contribution in [3.05, 3.63) is 63.2 Å². The molecule has 1 amide bonds. The van der Waals surface area contributed by atoms with Gasteiger partial charge < -0.3 is 9.84 Å². The molecule has 0 aliphatic carbocycles. The predicted molar refractivity (Wildman–Crippen MR) is 92.8 cm³/mol. The van der Waals surface area contributed by atoms with Crippen molar-refractivity contribution in [3.63, 3.8) is 0 Å². The molecular weight excluding hydrogens is 395 g/mol. The minimum absolute atomic E-state index is 0.522. The molecular formula is C16H15IN2O3. The number of rotatable bonds is 5. The van der Waals surface area contributed by atoms with E-state index < -0.39 is 12.0 Å². The molecule has 1 atom stereocenters. The zero-order chi connectivity index (χ0) is 15.9. The summed E-state index contributed by atoms with van der Waals surface area (Å²) in [5, 5.41) is 13.8. The van der Waals surface area contributed by atoms with Crippen molar-refractivity contribution >= 4 is 34.7 Å². The monoisotopic (exact) mass is 410 g/mol. The Bertz CT molecular complexity index is 674. The maximum absolute atomic E-state index is 11.8. The van der Waals surface area contributed by atoms with Crippen molar-refractivity contribution < 1.29 is 14.6 Å². The highest BCUT2D eigenvalue weighted by Crippen LogP contribution is 2.20. The summed E-state index contributed by atoms with van der Waals surface area (Å²) in [5.41, 5.74) is 3.67. The third-order valence-corrected chi connectivity index (χ3v) is 3.77. The van der Waals surface area contributed by atoms with Crippen LogP contribution in [0.2, 0.25) is 0 Å². The van der Waals surface area contributed by atoms with Gasteiger partial charge in [0, 0.05) is 0 Å². The number of carbonyl (C=O) groups excluding carboxylic acids is 1. The number of hydrogen-bond acceptors (Lipinski definition) is 4. The summed E-state index contributed by atoms with van der Waals surface area (Å²) in [5.74, 6) is 0.201. The quantitative estimate of drug-likeness (QED) is 0.452. The van der Waals surface area contributed by atoms with Crippen LogP contribution in [0, 0.1) is 3.57 Å². The van der Waals surface area contributed by atoms with E-state index in [0.29, 0.717) is 5.56 Å². The Hall–Kier alpha value is -1.93.